The summed E-state index contributed by atoms with van der Waals surface area (Å²) in [6, 6.07) is 14.5. The summed E-state index contributed by atoms with van der Waals surface area (Å²) in [5.41, 5.74) is 4.95. The van der Waals surface area contributed by atoms with E-state index in [9.17, 15) is 9.18 Å². The number of aromatic amines is 1. The Labute approximate surface area is 186 Å². The summed E-state index contributed by atoms with van der Waals surface area (Å²) >= 11 is 0. The number of hydrogen-bond donors (Lipinski definition) is 2. The molecular weight excluding hydrogens is 403 g/mol. The predicted octanol–water partition coefficient (Wildman–Crippen LogP) is 6.06. The number of amides is 1. The molecule has 2 heterocycles. The third-order valence-corrected chi connectivity index (χ3v) is 6.41. The Morgan fingerprint density at radius 2 is 2.00 bits per heavy atom. The second kappa shape index (κ2) is 8.54. The molecule has 5 nitrogen and oxygen atoms in total. The summed E-state index contributed by atoms with van der Waals surface area (Å²) in [5, 5.41) is 10.7. The number of carbonyl (C=O) groups is 1. The lowest BCUT2D eigenvalue weighted by Gasteiger charge is -2.09. The molecule has 2 aromatic heterocycles. The van der Waals surface area contributed by atoms with Gasteiger partial charge in [-0.3, -0.25) is 14.9 Å². The van der Waals surface area contributed by atoms with E-state index < -0.39 is 0 Å². The number of anilines is 1. The molecule has 5 rings (SSSR count). The summed E-state index contributed by atoms with van der Waals surface area (Å²) in [5.74, 6) is 0.167. The van der Waals surface area contributed by atoms with Gasteiger partial charge in [-0.05, 0) is 66.3 Å². The zero-order valence-electron chi connectivity index (χ0n) is 18.0. The van der Waals surface area contributed by atoms with Crippen molar-refractivity contribution in [3.05, 3.63) is 77.5 Å². The van der Waals surface area contributed by atoms with Crippen molar-refractivity contribution in [2.24, 2.45) is 5.92 Å². The van der Waals surface area contributed by atoms with Crippen LogP contribution in [0.2, 0.25) is 0 Å². The molecule has 0 spiro atoms. The Morgan fingerprint density at radius 1 is 1.16 bits per heavy atom. The van der Waals surface area contributed by atoms with Gasteiger partial charge in [0, 0.05) is 11.1 Å². The highest BCUT2D eigenvalue weighted by atomic mass is 19.1. The van der Waals surface area contributed by atoms with Crippen molar-refractivity contribution in [2.75, 3.05) is 5.32 Å². The van der Waals surface area contributed by atoms with Crippen molar-refractivity contribution in [2.45, 2.75) is 39.0 Å². The van der Waals surface area contributed by atoms with Gasteiger partial charge in [0.1, 0.15) is 5.82 Å². The van der Waals surface area contributed by atoms with Gasteiger partial charge in [0.2, 0.25) is 0 Å². The van der Waals surface area contributed by atoms with Gasteiger partial charge in [-0.15, -0.1) is 0 Å². The maximum absolute atomic E-state index is 14.0. The van der Waals surface area contributed by atoms with Crippen LogP contribution in [0.3, 0.4) is 0 Å². The van der Waals surface area contributed by atoms with E-state index >= 15 is 0 Å². The molecule has 6 heteroatoms. The van der Waals surface area contributed by atoms with Crippen LogP contribution in [0.4, 0.5) is 10.1 Å². The molecule has 2 aromatic carbocycles. The molecule has 32 heavy (non-hydrogen) atoms. The maximum atomic E-state index is 14.0. The summed E-state index contributed by atoms with van der Waals surface area (Å²) in [7, 11) is 0. The normalized spacial score (nSPS) is 14.2. The number of pyridine rings is 1. The van der Waals surface area contributed by atoms with E-state index in [1.165, 1.54) is 31.7 Å². The van der Waals surface area contributed by atoms with Crippen molar-refractivity contribution in [3.63, 3.8) is 0 Å². The molecule has 0 saturated heterocycles. The standard InChI is InChI=1S/C26H25FN4O/c1-16-21(7-4-8-23(16)27)18-9-12-24-22(14-18)25(31-30-24)26(32)29-20-11-10-19(28-15-20)13-17-5-2-3-6-17/h4,7-12,14-15,17H,2-3,5-6,13H2,1H3,(H,29,32)(H,30,31). The van der Waals surface area contributed by atoms with Crippen LogP contribution in [0.15, 0.2) is 54.7 Å². The highest BCUT2D eigenvalue weighted by molar-refractivity contribution is 6.11. The number of rotatable bonds is 5. The molecule has 1 amide bonds. The first kappa shape index (κ1) is 20.4. The number of nitrogens with one attached hydrogen (secondary N) is 2. The Hall–Kier alpha value is -3.54. The molecule has 1 saturated carbocycles. The lowest BCUT2D eigenvalue weighted by atomic mass is 9.98. The van der Waals surface area contributed by atoms with Crippen LogP contribution in [-0.2, 0) is 6.42 Å². The molecule has 0 radical (unpaired) electrons. The lowest BCUT2D eigenvalue weighted by molar-refractivity contribution is 0.102. The van der Waals surface area contributed by atoms with Gasteiger partial charge in [0.05, 0.1) is 17.4 Å². The number of benzene rings is 2. The van der Waals surface area contributed by atoms with Gasteiger partial charge in [0.15, 0.2) is 5.69 Å². The van der Waals surface area contributed by atoms with E-state index in [2.05, 4.69) is 20.5 Å². The predicted molar refractivity (Wildman–Crippen MR) is 124 cm³/mol. The summed E-state index contributed by atoms with van der Waals surface area (Å²) < 4.78 is 14.0. The topological polar surface area (TPSA) is 70.7 Å². The number of nitrogens with zero attached hydrogens (tertiary/aromatic N) is 2. The third-order valence-electron chi connectivity index (χ3n) is 6.41. The Balaban J connectivity index is 1.37. The Morgan fingerprint density at radius 3 is 2.78 bits per heavy atom. The fourth-order valence-electron chi connectivity index (χ4n) is 4.59. The first-order chi connectivity index (χ1) is 15.6. The smallest absolute Gasteiger partial charge is 0.276 e. The van der Waals surface area contributed by atoms with Crippen LogP contribution in [0.5, 0.6) is 0 Å². The monoisotopic (exact) mass is 428 g/mol. The van der Waals surface area contributed by atoms with Crippen LogP contribution in [0.1, 0.15) is 47.4 Å². The first-order valence-electron chi connectivity index (χ1n) is 11.1. The lowest BCUT2D eigenvalue weighted by Crippen LogP contribution is -2.13. The maximum Gasteiger partial charge on any atom is 0.276 e. The van der Waals surface area contributed by atoms with Crippen molar-refractivity contribution >= 4 is 22.5 Å². The van der Waals surface area contributed by atoms with Crippen molar-refractivity contribution in [1.29, 1.82) is 0 Å². The van der Waals surface area contributed by atoms with E-state index in [1.807, 2.05) is 36.4 Å². The molecule has 1 fully saturated rings. The minimum Gasteiger partial charge on any atom is -0.319 e. The third kappa shape index (κ3) is 4.00. The Kier molecular flexibility index (Phi) is 5.43. The van der Waals surface area contributed by atoms with Gasteiger partial charge in [-0.1, -0.05) is 43.9 Å². The number of aromatic nitrogens is 3. The van der Waals surface area contributed by atoms with E-state index in [0.29, 0.717) is 22.3 Å². The quantitative estimate of drug-likeness (QED) is 0.406. The molecule has 162 valence electrons. The highest BCUT2D eigenvalue weighted by Crippen LogP contribution is 2.30. The molecule has 1 aliphatic rings. The van der Waals surface area contributed by atoms with Crippen LogP contribution in [0, 0.1) is 18.7 Å². The fraction of sp³-hybridized carbons (Fsp3) is 0.269. The zero-order chi connectivity index (χ0) is 22.1. The molecule has 0 bridgehead atoms. The number of fused-ring (bicyclic) bond motifs is 1. The average Bonchev–Trinajstić information content (AvgIpc) is 3.46. The highest BCUT2D eigenvalue weighted by Gasteiger charge is 2.18. The first-order valence-corrected chi connectivity index (χ1v) is 11.1. The van der Waals surface area contributed by atoms with Crippen LogP contribution >= 0.6 is 0 Å². The summed E-state index contributed by atoms with van der Waals surface area (Å²) in [6.07, 6.45) is 7.90. The molecule has 2 N–H and O–H groups in total. The molecule has 0 unspecified atom stereocenters. The van der Waals surface area contributed by atoms with Gasteiger partial charge in [-0.25, -0.2) is 4.39 Å². The molecule has 0 atom stereocenters. The minimum absolute atomic E-state index is 0.253. The molecular formula is C26H25FN4O. The van der Waals surface area contributed by atoms with Gasteiger partial charge >= 0.3 is 0 Å². The van der Waals surface area contributed by atoms with Crippen molar-refractivity contribution < 1.29 is 9.18 Å². The molecule has 0 aliphatic heterocycles. The number of carbonyl (C=O) groups excluding carboxylic acids is 1. The van der Waals surface area contributed by atoms with Gasteiger partial charge in [0.25, 0.3) is 5.91 Å². The second-order valence-electron chi connectivity index (χ2n) is 8.59. The van der Waals surface area contributed by atoms with Crippen LogP contribution in [-0.4, -0.2) is 21.1 Å². The van der Waals surface area contributed by atoms with E-state index in [-0.39, 0.29) is 11.7 Å². The fourth-order valence-corrected chi connectivity index (χ4v) is 4.59. The van der Waals surface area contributed by atoms with Crippen molar-refractivity contribution in [1.82, 2.24) is 15.2 Å². The average molecular weight is 429 g/mol. The summed E-state index contributed by atoms with van der Waals surface area (Å²) in [6.45, 7) is 1.75. The molecule has 4 aromatic rings. The number of H-pyrrole nitrogens is 1. The van der Waals surface area contributed by atoms with E-state index in [1.54, 1.807) is 19.2 Å². The Bertz CT molecular complexity index is 1270. The number of halogens is 1. The zero-order valence-corrected chi connectivity index (χ0v) is 18.0. The summed E-state index contributed by atoms with van der Waals surface area (Å²) in [4.78, 5) is 17.5. The van der Waals surface area contributed by atoms with Crippen molar-refractivity contribution in [3.8, 4) is 11.1 Å². The minimum atomic E-state index is -0.310. The van der Waals surface area contributed by atoms with E-state index in [4.69, 9.17) is 0 Å². The second-order valence-corrected chi connectivity index (χ2v) is 8.59. The van der Waals surface area contributed by atoms with Crippen LogP contribution < -0.4 is 5.32 Å². The van der Waals surface area contributed by atoms with Gasteiger partial charge in [-0.2, -0.15) is 5.10 Å². The SMILES string of the molecule is Cc1c(F)cccc1-c1ccc2[nH]nc(C(=O)Nc3ccc(CC4CCCC4)nc3)c2c1. The van der Waals surface area contributed by atoms with Gasteiger partial charge < -0.3 is 5.32 Å². The molecule has 1 aliphatic carbocycles. The number of hydrogen-bond acceptors (Lipinski definition) is 3. The van der Waals surface area contributed by atoms with E-state index in [0.717, 1.165) is 34.7 Å². The van der Waals surface area contributed by atoms with Crippen LogP contribution in [0.25, 0.3) is 22.0 Å². The largest absolute Gasteiger partial charge is 0.319 e.